The zero-order valence-electron chi connectivity index (χ0n) is 11.7. The van der Waals surface area contributed by atoms with Crippen LogP contribution in [0.2, 0.25) is 0 Å². The Morgan fingerprint density at radius 1 is 1.42 bits per heavy atom. The third kappa shape index (κ3) is 3.47. The molecule has 4 heteroatoms. The molecule has 0 aromatic heterocycles. The van der Waals surface area contributed by atoms with Crippen molar-refractivity contribution in [2.45, 2.75) is 25.8 Å². The SMILES string of the molecule is CNC(C)CCCN1CCOc2ccccc2C1=O. The van der Waals surface area contributed by atoms with Gasteiger partial charge in [0.15, 0.2) is 0 Å². The summed E-state index contributed by atoms with van der Waals surface area (Å²) in [7, 11) is 1.96. The highest BCUT2D eigenvalue weighted by Gasteiger charge is 2.22. The number of ether oxygens (including phenoxy) is 1. The lowest BCUT2D eigenvalue weighted by atomic mass is 10.1. The molecule has 4 nitrogen and oxygen atoms in total. The number of nitrogens with zero attached hydrogens (tertiary/aromatic N) is 1. The van der Waals surface area contributed by atoms with Crippen LogP contribution in [0.25, 0.3) is 0 Å². The third-order valence-corrected chi connectivity index (χ3v) is 3.58. The van der Waals surface area contributed by atoms with Gasteiger partial charge in [-0.3, -0.25) is 4.79 Å². The summed E-state index contributed by atoms with van der Waals surface area (Å²) in [6.45, 7) is 4.19. The van der Waals surface area contributed by atoms with Gasteiger partial charge in [-0.25, -0.2) is 0 Å². The van der Waals surface area contributed by atoms with E-state index in [9.17, 15) is 4.79 Å². The van der Waals surface area contributed by atoms with Crippen molar-refractivity contribution in [2.24, 2.45) is 0 Å². The average molecular weight is 262 g/mol. The van der Waals surface area contributed by atoms with Crippen molar-refractivity contribution >= 4 is 5.91 Å². The Kier molecular flexibility index (Phi) is 4.80. The standard InChI is InChI=1S/C15H22N2O2/c1-12(16-2)6-5-9-17-10-11-19-14-8-4-3-7-13(14)15(17)18/h3-4,7-8,12,16H,5-6,9-11H2,1-2H3. The number of fused-ring (bicyclic) bond motifs is 1. The first-order valence-electron chi connectivity index (χ1n) is 6.90. The van der Waals surface area contributed by atoms with Gasteiger partial charge < -0.3 is 15.0 Å². The maximum atomic E-state index is 12.4. The van der Waals surface area contributed by atoms with Crippen LogP contribution < -0.4 is 10.1 Å². The van der Waals surface area contributed by atoms with E-state index in [2.05, 4.69) is 12.2 Å². The molecule has 1 amide bonds. The van der Waals surface area contributed by atoms with Crippen molar-refractivity contribution in [3.8, 4) is 5.75 Å². The van der Waals surface area contributed by atoms with Gasteiger partial charge in [-0.1, -0.05) is 12.1 Å². The maximum absolute atomic E-state index is 12.4. The van der Waals surface area contributed by atoms with Gasteiger partial charge in [0.05, 0.1) is 12.1 Å². The molecule has 1 unspecified atom stereocenters. The Morgan fingerprint density at radius 3 is 3.00 bits per heavy atom. The molecule has 1 aliphatic rings. The van der Waals surface area contributed by atoms with Crippen LogP contribution >= 0.6 is 0 Å². The smallest absolute Gasteiger partial charge is 0.257 e. The number of amides is 1. The van der Waals surface area contributed by atoms with Crippen LogP contribution in [-0.4, -0.2) is 43.6 Å². The molecule has 19 heavy (non-hydrogen) atoms. The second kappa shape index (κ2) is 6.57. The van der Waals surface area contributed by atoms with Crippen molar-refractivity contribution in [2.75, 3.05) is 26.7 Å². The van der Waals surface area contributed by atoms with Crippen LogP contribution in [0, 0.1) is 0 Å². The van der Waals surface area contributed by atoms with Gasteiger partial charge in [-0.2, -0.15) is 0 Å². The minimum atomic E-state index is 0.0882. The summed E-state index contributed by atoms with van der Waals surface area (Å²) >= 11 is 0. The van der Waals surface area contributed by atoms with Gasteiger partial charge in [-0.05, 0) is 38.9 Å². The molecule has 1 aromatic carbocycles. The summed E-state index contributed by atoms with van der Waals surface area (Å²) in [5, 5.41) is 3.21. The molecule has 1 aliphatic heterocycles. The van der Waals surface area contributed by atoms with Gasteiger partial charge in [0.1, 0.15) is 12.4 Å². The second-order valence-electron chi connectivity index (χ2n) is 4.97. The molecule has 1 N–H and O–H groups in total. The Labute approximate surface area is 114 Å². The summed E-state index contributed by atoms with van der Waals surface area (Å²) in [5.41, 5.74) is 0.682. The number of rotatable bonds is 5. The topological polar surface area (TPSA) is 41.6 Å². The summed E-state index contributed by atoms with van der Waals surface area (Å²) in [4.78, 5) is 14.3. The van der Waals surface area contributed by atoms with Gasteiger partial charge in [0, 0.05) is 12.6 Å². The fourth-order valence-corrected chi connectivity index (χ4v) is 2.25. The predicted octanol–water partition coefficient (Wildman–Crippen LogP) is 1.91. The fourth-order valence-electron chi connectivity index (χ4n) is 2.25. The van der Waals surface area contributed by atoms with E-state index in [1.807, 2.05) is 36.2 Å². The van der Waals surface area contributed by atoms with Gasteiger partial charge >= 0.3 is 0 Å². The maximum Gasteiger partial charge on any atom is 0.257 e. The average Bonchev–Trinajstić information content (AvgIpc) is 2.59. The first-order chi connectivity index (χ1) is 9.22. The number of para-hydroxylation sites is 1. The normalized spacial score (nSPS) is 16.5. The zero-order valence-corrected chi connectivity index (χ0v) is 11.7. The third-order valence-electron chi connectivity index (χ3n) is 3.58. The Balaban J connectivity index is 1.97. The van der Waals surface area contributed by atoms with E-state index in [1.165, 1.54) is 0 Å². The summed E-state index contributed by atoms with van der Waals surface area (Å²) in [6.07, 6.45) is 2.08. The molecule has 104 valence electrons. The van der Waals surface area contributed by atoms with Crippen molar-refractivity contribution in [3.05, 3.63) is 29.8 Å². The lowest BCUT2D eigenvalue weighted by Crippen LogP contribution is -2.34. The van der Waals surface area contributed by atoms with Crippen LogP contribution in [0.5, 0.6) is 5.75 Å². The Bertz CT molecular complexity index is 434. The minimum Gasteiger partial charge on any atom is -0.491 e. The Hall–Kier alpha value is -1.55. The highest BCUT2D eigenvalue weighted by Crippen LogP contribution is 2.22. The number of benzene rings is 1. The molecule has 1 atom stereocenters. The van der Waals surface area contributed by atoms with Crippen LogP contribution in [0.1, 0.15) is 30.1 Å². The first-order valence-corrected chi connectivity index (χ1v) is 6.90. The number of hydrogen-bond donors (Lipinski definition) is 1. The first kappa shape index (κ1) is 13.9. The highest BCUT2D eigenvalue weighted by molar-refractivity contribution is 5.97. The summed E-state index contributed by atoms with van der Waals surface area (Å²) < 4.78 is 5.62. The van der Waals surface area contributed by atoms with Gasteiger partial charge in [0.25, 0.3) is 5.91 Å². The van der Waals surface area contributed by atoms with Crippen LogP contribution in [0.15, 0.2) is 24.3 Å². The quantitative estimate of drug-likeness (QED) is 0.881. The van der Waals surface area contributed by atoms with E-state index < -0.39 is 0 Å². The minimum absolute atomic E-state index is 0.0882. The van der Waals surface area contributed by atoms with Gasteiger partial charge in [-0.15, -0.1) is 0 Å². The van der Waals surface area contributed by atoms with E-state index in [0.29, 0.717) is 30.5 Å². The molecule has 0 radical (unpaired) electrons. The van der Waals surface area contributed by atoms with E-state index >= 15 is 0 Å². The van der Waals surface area contributed by atoms with Crippen molar-refractivity contribution in [1.29, 1.82) is 0 Å². The lowest BCUT2D eigenvalue weighted by molar-refractivity contribution is 0.0751. The van der Waals surface area contributed by atoms with Crippen LogP contribution in [-0.2, 0) is 0 Å². The van der Waals surface area contributed by atoms with Crippen LogP contribution in [0.4, 0.5) is 0 Å². The van der Waals surface area contributed by atoms with Crippen molar-refractivity contribution in [3.63, 3.8) is 0 Å². The molecule has 0 aliphatic carbocycles. The number of carbonyl (C=O) groups excluding carboxylic acids is 1. The Morgan fingerprint density at radius 2 is 2.21 bits per heavy atom. The number of hydrogen-bond acceptors (Lipinski definition) is 3. The molecule has 0 fully saturated rings. The van der Waals surface area contributed by atoms with E-state index in [0.717, 1.165) is 19.4 Å². The van der Waals surface area contributed by atoms with Gasteiger partial charge in [0.2, 0.25) is 0 Å². The number of carbonyl (C=O) groups is 1. The van der Waals surface area contributed by atoms with Crippen molar-refractivity contribution < 1.29 is 9.53 Å². The van der Waals surface area contributed by atoms with E-state index in [1.54, 1.807) is 0 Å². The van der Waals surface area contributed by atoms with E-state index in [4.69, 9.17) is 4.74 Å². The van der Waals surface area contributed by atoms with E-state index in [-0.39, 0.29) is 5.91 Å². The molecule has 0 spiro atoms. The molecule has 0 bridgehead atoms. The lowest BCUT2D eigenvalue weighted by Gasteiger charge is -2.20. The molecule has 1 aromatic rings. The molecule has 2 rings (SSSR count). The molecular formula is C15H22N2O2. The summed E-state index contributed by atoms with van der Waals surface area (Å²) in [5.74, 6) is 0.795. The largest absolute Gasteiger partial charge is 0.491 e. The summed E-state index contributed by atoms with van der Waals surface area (Å²) in [6, 6.07) is 7.97. The molecular weight excluding hydrogens is 240 g/mol. The molecule has 1 heterocycles. The molecule has 0 saturated heterocycles. The fraction of sp³-hybridized carbons (Fsp3) is 0.533. The van der Waals surface area contributed by atoms with Crippen LogP contribution in [0.3, 0.4) is 0 Å². The monoisotopic (exact) mass is 262 g/mol. The number of nitrogens with one attached hydrogen (secondary N) is 1. The molecule has 0 saturated carbocycles. The second-order valence-corrected chi connectivity index (χ2v) is 4.97. The predicted molar refractivity (Wildman–Crippen MR) is 75.6 cm³/mol. The zero-order chi connectivity index (χ0) is 13.7. The highest BCUT2D eigenvalue weighted by atomic mass is 16.5. The van der Waals surface area contributed by atoms with Crippen molar-refractivity contribution in [1.82, 2.24) is 10.2 Å².